The van der Waals surface area contributed by atoms with Gasteiger partial charge in [0.15, 0.2) is 0 Å². The van der Waals surface area contributed by atoms with E-state index in [1.807, 2.05) is 0 Å². The van der Waals surface area contributed by atoms with Crippen molar-refractivity contribution in [2.45, 2.75) is 59.0 Å². The molecule has 1 fully saturated rings. The molecule has 1 saturated carbocycles. The summed E-state index contributed by atoms with van der Waals surface area (Å²) in [5.74, 6) is 2.04. The van der Waals surface area contributed by atoms with Crippen LogP contribution in [0.5, 0.6) is 0 Å². The van der Waals surface area contributed by atoms with Gasteiger partial charge in [0.05, 0.1) is 6.10 Å². The number of aliphatic hydroxyl groups is 1. The van der Waals surface area contributed by atoms with E-state index in [0.29, 0.717) is 5.92 Å². The van der Waals surface area contributed by atoms with Crippen molar-refractivity contribution in [3.63, 3.8) is 0 Å². The molecule has 1 nitrogen and oxygen atoms in total. The monoisotopic (exact) mass is 210 g/mol. The third-order valence-electron chi connectivity index (χ3n) is 3.98. The lowest BCUT2D eigenvalue weighted by Gasteiger charge is -2.35. The summed E-state index contributed by atoms with van der Waals surface area (Å²) in [6, 6.07) is 0. The van der Waals surface area contributed by atoms with Gasteiger partial charge in [0.25, 0.3) is 0 Å². The van der Waals surface area contributed by atoms with E-state index < -0.39 is 0 Å². The van der Waals surface area contributed by atoms with E-state index in [4.69, 9.17) is 0 Å². The Morgan fingerprint density at radius 3 is 2.60 bits per heavy atom. The number of rotatable bonds is 4. The lowest BCUT2D eigenvalue weighted by molar-refractivity contribution is 0.0376. The summed E-state index contributed by atoms with van der Waals surface area (Å²) in [5, 5.41) is 9.97. The van der Waals surface area contributed by atoms with Crippen molar-refractivity contribution in [3.8, 4) is 0 Å². The number of allylic oxidation sites excluding steroid dienone is 1. The molecular formula is C14H26O. The van der Waals surface area contributed by atoms with E-state index in [9.17, 15) is 5.11 Å². The fourth-order valence-electron chi connectivity index (χ4n) is 2.62. The van der Waals surface area contributed by atoms with Gasteiger partial charge in [-0.1, -0.05) is 32.9 Å². The summed E-state index contributed by atoms with van der Waals surface area (Å²) >= 11 is 0. The van der Waals surface area contributed by atoms with Gasteiger partial charge in [0.1, 0.15) is 0 Å². The fourth-order valence-corrected chi connectivity index (χ4v) is 2.62. The first-order valence-corrected chi connectivity index (χ1v) is 6.39. The zero-order chi connectivity index (χ0) is 11.4. The van der Waals surface area contributed by atoms with Crippen LogP contribution in [-0.2, 0) is 0 Å². The van der Waals surface area contributed by atoms with Crippen molar-refractivity contribution in [1.82, 2.24) is 0 Å². The average molecular weight is 210 g/mol. The smallest absolute Gasteiger partial charge is 0.0571 e. The van der Waals surface area contributed by atoms with Crippen LogP contribution in [0.4, 0.5) is 0 Å². The molecule has 88 valence electrons. The number of aliphatic hydroxyl groups excluding tert-OH is 1. The lowest BCUT2D eigenvalue weighted by atomic mass is 9.73. The van der Waals surface area contributed by atoms with E-state index in [1.165, 1.54) is 18.4 Å². The van der Waals surface area contributed by atoms with Crippen LogP contribution in [0.1, 0.15) is 52.9 Å². The zero-order valence-electron chi connectivity index (χ0n) is 10.5. The molecule has 0 bridgehead atoms. The van der Waals surface area contributed by atoms with Crippen LogP contribution in [0, 0.1) is 17.8 Å². The second-order valence-electron chi connectivity index (χ2n) is 5.45. The molecule has 1 heteroatoms. The van der Waals surface area contributed by atoms with E-state index in [-0.39, 0.29) is 6.10 Å². The summed E-state index contributed by atoms with van der Waals surface area (Å²) in [4.78, 5) is 0. The molecule has 3 atom stereocenters. The summed E-state index contributed by atoms with van der Waals surface area (Å²) in [5.41, 5.74) is 1.29. The lowest BCUT2D eigenvalue weighted by Crippen LogP contribution is -2.31. The molecule has 0 aromatic rings. The van der Waals surface area contributed by atoms with Gasteiger partial charge in [-0.2, -0.15) is 0 Å². The minimum atomic E-state index is -0.0803. The van der Waals surface area contributed by atoms with Crippen LogP contribution in [0.2, 0.25) is 0 Å². The van der Waals surface area contributed by atoms with Gasteiger partial charge in [-0.25, -0.2) is 0 Å². The Kier molecular flexibility index (Phi) is 4.85. The summed E-state index contributed by atoms with van der Waals surface area (Å²) in [7, 11) is 0. The van der Waals surface area contributed by atoms with Crippen LogP contribution >= 0.6 is 0 Å². The molecule has 0 spiro atoms. The molecule has 0 aromatic carbocycles. The van der Waals surface area contributed by atoms with Crippen molar-refractivity contribution < 1.29 is 5.11 Å². The zero-order valence-corrected chi connectivity index (χ0v) is 10.5. The highest BCUT2D eigenvalue weighted by Gasteiger charge is 2.30. The van der Waals surface area contributed by atoms with Gasteiger partial charge in [-0.3, -0.25) is 0 Å². The first kappa shape index (κ1) is 12.8. The van der Waals surface area contributed by atoms with Crippen LogP contribution in [0.15, 0.2) is 12.2 Å². The molecule has 0 amide bonds. The van der Waals surface area contributed by atoms with Gasteiger partial charge < -0.3 is 5.11 Å². The molecule has 0 aliphatic heterocycles. The van der Waals surface area contributed by atoms with Crippen molar-refractivity contribution in [2.24, 2.45) is 17.8 Å². The van der Waals surface area contributed by atoms with E-state index in [2.05, 4.69) is 27.4 Å². The summed E-state index contributed by atoms with van der Waals surface area (Å²) in [6.07, 6.45) is 5.38. The minimum absolute atomic E-state index is 0.0803. The maximum atomic E-state index is 9.97. The van der Waals surface area contributed by atoms with Gasteiger partial charge in [0, 0.05) is 0 Å². The predicted molar refractivity (Wildman–Crippen MR) is 65.7 cm³/mol. The second kappa shape index (κ2) is 5.69. The maximum absolute atomic E-state index is 9.97. The highest BCUT2D eigenvalue weighted by molar-refractivity contribution is 4.97. The molecule has 1 rings (SSSR count). The van der Waals surface area contributed by atoms with Crippen LogP contribution < -0.4 is 0 Å². The fraction of sp³-hybridized carbons (Fsp3) is 0.857. The molecule has 0 saturated heterocycles. The summed E-state index contributed by atoms with van der Waals surface area (Å²) in [6.45, 7) is 10.8. The maximum Gasteiger partial charge on any atom is 0.0571 e. The molecular weight excluding hydrogens is 184 g/mol. The van der Waals surface area contributed by atoms with Gasteiger partial charge in [-0.15, -0.1) is 0 Å². The predicted octanol–water partition coefficient (Wildman–Crippen LogP) is 3.78. The molecule has 0 radical (unpaired) electrons. The molecule has 1 aliphatic rings. The van der Waals surface area contributed by atoms with Crippen molar-refractivity contribution in [3.05, 3.63) is 12.2 Å². The van der Waals surface area contributed by atoms with E-state index in [0.717, 1.165) is 31.1 Å². The van der Waals surface area contributed by atoms with E-state index >= 15 is 0 Å². The van der Waals surface area contributed by atoms with Crippen molar-refractivity contribution in [2.75, 3.05) is 0 Å². The second-order valence-corrected chi connectivity index (χ2v) is 5.45. The van der Waals surface area contributed by atoms with E-state index in [1.54, 1.807) is 0 Å². The van der Waals surface area contributed by atoms with Crippen molar-refractivity contribution in [1.29, 1.82) is 0 Å². The Balaban J connectivity index is 2.49. The normalized spacial score (nSPS) is 31.9. The molecule has 3 unspecified atom stereocenters. The van der Waals surface area contributed by atoms with Gasteiger partial charge in [0.2, 0.25) is 0 Å². The van der Waals surface area contributed by atoms with Gasteiger partial charge >= 0.3 is 0 Å². The SMILES string of the molecule is C=C(CC)CC1CC(C(C)C)CCC1O. The molecule has 1 aliphatic carbocycles. The summed E-state index contributed by atoms with van der Waals surface area (Å²) < 4.78 is 0. The highest BCUT2D eigenvalue weighted by atomic mass is 16.3. The first-order valence-electron chi connectivity index (χ1n) is 6.39. The van der Waals surface area contributed by atoms with Gasteiger partial charge in [-0.05, 0) is 49.9 Å². The standard InChI is InChI=1S/C14H26O/c1-5-11(4)8-13-9-12(10(2)3)6-7-14(13)15/h10,12-15H,4-9H2,1-3H3. The largest absolute Gasteiger partial charge is 0.393 e. The Labute approximate surface area is 94.6 Å². The Hall–Kier alpha value is -0.300. The topological polar surface area (TPSA) is 20.2 Å². The number of hydrogen-bond acceptors (Lipinski definition) is 1. The molecule has 15 heavy (non-hydrogen) atoms. The average Bonchev–Trinajstić information content (AvgIpc) is 2.20. The third-order valence-corrected chi connectivity index (χ3v) is 3.98. The minimum Gasteiger partial charge on any atom is -0.393 e. The first-order chi connectivity index (χ1) is 7.04. The Bertz CT molecular complexity index is 207. The highest BCUT2D eigenvalue weighted by Crippen LogP contribution is 2.36. The van der Waals surface area contributed by atoms with Crippen LogP contribution in [0.3, 0.4) is 0 Å². The third kappa shape index (κ3) is 3.64. The van der Waals surface area contributed by atoms with Crippen LogP contribution in [-0.4, -0.2) is 11.2 Å². The molecule has 0 aromatic heterocycles. The molecule has 1 N–H and O–H groups in total. The van der Waals surface area contributed by atoms with Crippen LogP contribution in [0.25, 0.3) is 0 Å². The Morgan fingerprint density at radius 1 is 1.40 bits per heavy atom. The molecule has 0 heterocycles. The van der Waals surface area contributed by atoms with Crippen molar-refractivity contribution >= 4 is 0 Å². The quantitative estimate of drug-likeness (QED) is 0.700. The number of hydrogen-bond donors (Lipinski definition) is 1. The Morgan fingerprint density at radius 2 is 2.07 bits per heavy atom.